The number of rotatable bonds is 9. The highest BCUT2D eigenvalue weighted by Crippen LogP contribution is 2.18. The molecule has 0 unspecified atom stereocenters. The lowest BCUT2D eigenvalue weighted by atomic mass is 10.1. The average Bonchev–Trinajstić information content (AvgIpc) is 2.65. The van der Waals surface area contributed by atoms with Crippen molar-refractivity contribution in [3.05, 3.63) is 59.2 Å². The van der Waals surface area contributed by atoms with Gasteiger partial charge in [-0.2, -0.15) is 0 Å². The largest absolute Gasteiger partial charge is 0.494 e. The summed E-state index contributed by atoms with van der Waals surface area (Å²) in [5, 5.41) is 5.31. The first kappa shape index (κ1) is 20.3. The van der Waals surface area contributed by atoms with Crippen LogP contribution in [0.2, 0.25) is 0 Å². The molecule has 0 radical (unpaired) electrons. The lowest BCUT2D eigenvalue weighted by Crippen LogP contribution is -2.38. The average molecular weight is 370 g/mol. The van der Waals surface area contributed by atoms with E-state index in [1.165, 1.54) is 5.56 Å². The lowest BCUT2D eigenvalue weighted by Gasteiger charge is -2.11. The van der Waals surface area contributed by atoms with Gasteiger partial charge in [0.15, 0.2) is 0 Å². The minimum absolute atomic E-state index is 0.0877. The summed E-state index contributed by atoms with van der Waals surface area (Å²) in [6.07, 6.45) is 0. The number of aryl methyl sites for hydroxylation is 2. The molecule has 0 aliphatic carbocycles. The Morgan fingerprint density at radius 2 is 1.70 bits per heavy atom. The van der Waals surface area contributed by atoms with Crippen LogP contribution >= 0.6 is 0 Å². The first-order valence-electron chi connectivity index (χ1n) is 8.97. The molecule has 2 aromatic rings. The Balaban J connectivity index is 1.67. The van der Waals surface area contributed by atoms with Gasteiger partial charge in [-0.05, 0) is 56.7 Å². The van der Waals surface area contributed by atoms with Gasteiger partial charge in [0.1, 0.15) is 18.1 Å². The molecule has 0 aliphatic rings. The standard InChI is InChI=1S/C21H26N2O4/c1-4-26-18-8-6-17(7-9-18)21(25)23-14-20(24)22-11-12-27-19-10-5-15(2)13-16(19)3/h5-10,13H,4,11-12,14H2,1-3H3,(H,22,24)(H,23,25). The number of carbonyl (C=O) groups excluding carboxylic acids is 2. The predicted octanol–water partition coefficient (Wildman–Crippen LogP) is 2.63. The van der Waals surface area contributed by atoms with Gasteiger partial charge in [0.2, 0.25) is 5.91 Å². The summed E-state index contributed by atoms with van der Waals surface area (Å²) in [4.78, 5) is 23.9. The summed E-state index contributed by atoms with van der Waals surface area (Å²) in [7, 11) is 0. The van der Waals surface area contributed by atoms with E-state index in [9.17, 15) is 9.59 Å². The van der Waals surface area contributed by atoms with E-state index >= 15 is 0 Å². The van der Waals surface area contributed by atoms with Crippen LogP contribution in [0.4, 0.5) is 0 Å². The number of carbonyl (C=O) groups is 2. The molecule has 2 aromatic carbocycles. The van der Waals surface area contributed by atoms with Gasteiger partial charge in [-0.15, -0.1) is 0 Å². The van der Waals surface area contributed by atoms with E-state index in [4.69, 9.17) is 9.47 Å². The van der Waals surface area contributed by atoms with Gasteiger partial charge >= 0.3 is 0 Å². The first-order valence-corrected chi connectivity index (χ1v) is 8.97. The molecule has 0 saturated heterocycles. The number of ether oxygens (including phenoxy) is 2. The topological polar surface area (TPSA) is 76.7 Å². The third-order valence-electron chi connectivity index (χ3n) is 3.85. The Hall–Kier alpha value is -3.02. The van der Waals surface area contributed by atoms with Crippen LogP contribution in [0.3, 0.4) is 0 Å². The maximum Gasteiger partial charge on any atom is 0.251 e. The Kier molecular flexibility index (Phi) is 7.67. The first-order chi connectivity index (χ1) is 13.0. The van der Waals surface area contributed by atoms with Crippen LogP contribution in [0.15, 0.2) is 42.5 Å². The maximum atomic E-state index is 12.0. The van der Waals surface area contributed by atoms with Gasteiger partial charge in [0.25, 0.3) is 5.91 Å². The fourth-order valence-corrected chi connectivity index (χ4v) is 2.51. The molecular formula is C21H26N2O4. The molecule has 0 heterocycles. The summed E-state index contributed by atoms with van der Waals surface area (Å²) < 4.78 is 11.0. The molecule has 6 nitrogen and oxygen atoms in total. The molecule has 0 aromatic heterocycles. The zero-order valence-electron chi connectivity index (χ0n) is 16.0. The third-order valence-corrected chi connectivity index (χ3v) is 3.85. The quantitative estimate of drug-likeness (QED) is 0.665. The van der Waals surface area contributed by atoms with Crippen LogP contribution in [-0.2, 0) is 4.79 Å². The van der Waals surface area contributed by atoms with Crippen molar-refractivity contribution in [1.82, 2.24) is 10.6 Å². The Labute approximate surface area is 159 Å². The van der Waals surface area contributed by atoms with Crippen molar-refractivity contribution < 1.29 is 19.1 Å². The predicted molar refractivity (Wildman–Crippen MR) is 104 cm³/mol. The van der Waals surface area contributed by atoms with Crippen molar-refractivity contribution in [3.63, 3.8) is 0 Å². The van der Waals surface area contributed by atoms with Gasteiger partial charge in [0.05, 0.1) is 19.7 Å². The zero-order valence-corrected chi connectivity index (χ0v) is 16.0. The molecule has 2 N–H and O–H groups in total. The molecule has 0 bridgehead atoms. The number of nitrogens with one attached hydrogen (secondary N) is 2. The Bertz CT molecular complexity index is 772. The van der Waals surface area contributed by atoms with E-state index < -0.39 is 0 Å². The number of hydrogen-bond donors (Lipinski definition) is 2. The van der Waals surface area contributed by atoms with Crippen LogP contribution in [0, 0.1) is 13.8 Å². The van der Waals surface area contributed by atoms with Crippen molar-refractivity contribution in [3.8, 4) is 11.5 Å². The number of benzene rings is 2. The Morgan fingerprint density at radius 1 is 0.963 bits per heavy atom. The van der Waals surface area contributed by atoms with Gasteiger partial charge in [-0.3, -0.25) is 9.59 Å². The van der Waals surface area contributed by atoms with Crippen molar-refractivity contribution in [2.24, 2.45) is 0 Å². The van der Waals surface area contributed by atoms with Crippen molar-refractivity contribution >= 4 is 11.8 Å². The Morgan fingerprint density at radius 3 is 2.37 bits per heavy atom. The molecule has 6 heteroatoms. The summed E-state index contributed by atoms with van der Waals surface area (Å²) in [5.41, 5.74) is 2.71. The second-order valence-electron chi connectivity index (χ2n) is 6.11. The van der Waals surface area contributed by atoms with Gasteiger partial charge in [-0.25, -0.2) is 0 Å². The van der Waals surface area contributed by atoms with Crippen LogP contribution < -0.4 is 20.1 Å². The SMILES string of the molecule is CCOc1ccc(C(=O)NCC(=O)NCCOc2ccc(C)cc2C)cc1. The minimum Gasteiger partial charge on any atom is -0.494 e. The van der Waals surface area contributed by atoms with E-state index in [1.807, 2.05) is 39.0 Å². The highest BCUT2D eigenvalue weighted by Gasteiger charge is 2.08. The van der Waals surface area contributed by atoms with Crippen LogP contribution in [0.25, 0.3) is 0 Å². The monoisotopic (exact) mass is 370 g/mol. The van der Waals surface area contributed by atoms with Gasteiger partial charge < -0.3 is 20.1 Å². The lowest BCUT2D eigenvalue weighted by molar-refractivity contribution is -0.120. The molecule has 0 aliphatic heterocycles. The smallest absolute Gasteiger partial charge is 0.251 e. The molecule has 0 fully saturated rings. The van der Waals surface area contributed by atoms with Gasteiger partial charge in [0, 0.05) is 5.56 Å². The molecule has 0 atom stereocenters. The summed E-state index contributed by atoms with van der Waals surface area (Å²) >= 11 is 0. The summed E-state index contributed by atoms with van der Waals surface area (Å²) in [6, 6.07) is 12.7. The number of hydrogen-bond acceptors (Lipinski definition) is 4. The highest BCUT2D eigenvalue weighted by molar-refractivity contribution is 5.96. The highest BCUT2D eigenvalue weighted by atomic mass is 16.5. The van der Waals surface area contributed by atoms with E-state index in [0.717, 1.165) is 11.3 Å². The number of amides is 2. The molecule has 0 saturated carbocycles. The van der Waals surface area contributed by atoms with Crippen molar-refractivity contribution in [2.75, 3.05) is 26.3 Å². The van der Waals surface area contributed by atoms with Crippen LogP contribution in [0.5, 0.6) is 11.5 Å². The normalized spacial score (nSPS) is 10.2. The maximum absolute atomic E-state index is 12.0. The third kappa shape index (κ3) is 6.66. The van der Waals surface area contributed by atoms with Gasteiger partial charge in [-0.1, -0.05) is 17.7 Å². The molecule has 27 heavy (non-hydrogen) atoms. The zero-order chi connectivity index (χ0) is 19.6. The van der Waals surface area contributed by atoms with Crippen LogP contribution in [0.1, 0.15) is 28.4 Å². The molecule has 2 rings (SSSR count). The molecular weight excluding hydrogens is 344 g/mol. The van der Waals surface area contributed by atoms with E-state index in [0.29, 0.717) is 31.1 Å². The minimum atomic E-state index is -0.306. The van der Waals surface area contributed by atoms with Crippen molar-refractivity contribution in [1.29, 1.82) is 0 Å². The molecule has 2 amide bonds. The fourth-order valence-electron chi connectivity index (χ4n) is 2.51. The summed E-state index contributed by atoms with van der Waals surface area (Å²) in [6.45, 7) is 7.12. The fraction of sp³-hybridized carbons (Fsp3) is 0.333. The summed E-state index contributed by atoms with van der Waals surface area (Å²) in [5.74, 6) is 0.938. The molecule has 0 spiro atoms. The van der Waals surface area contributed by atoms with Crippen LogP contribution in [-0.4, -0.2) is 38.1 Å². The molecule has 144 valence electrons. The van der Waals surface area contributed by atoms with E-state index in [-0.39, 0.29) is 18.4 Å². The second-order valence-corrected chi connectivity index (χ2v) is 6.11. The second kappa shape index (κ2) is 10.2. The van der Waals surface area contributed by atoms with Crippen molar-refractivity contribution in [2.45, 2.75) is 20.8 Å². The van der Waals surface area contributed by atoms with E-state index in [1.54, 1.807) is 24.3 Å². The van der Waals surface area contributed by atoms with E-state index in [2.05, 4.69) is 10.6 Å².